The smallest absolute Gasteiger partial charge is 0.321 e. The van der Waals surface area contributed by atoms with Crippen molar-refractivity contribution in [1.29, 1.82) is 0 Å². The summed E-state index contributed by atoms with van der Waals surface area (Å²) in [5, 5.41) is 5.81. The Morgan fingerprint density at radius 2 is 2.15 bits per heavy atom. The molecule has 0 radical (unpaired) electrons. The molecule has 0 fully saturated rings. The van der Waals surface area contributed by atoms with Crippen LogP contribution in [0.1, 0.15) is 17.2 Å². The maximum absolute atomic E-state index is 11.5. The summed E-state index contributed by atoms with van der Waals surface area (Å²) < 4.78 is 22.9. The van der Waals surface area contributed by atoms with Crippen molar-refractivity contribution in [2.24, 2.45) is 0 Å². The SMILES string of the molecule is CNC(CS(C)(=O)=O)c1ccc2c(c1)CN(C)C(=O)N2. The fourth-order valence-corrected chi connectivity index (χ4v) is 3.23. The van der Waals surface area contributed by atoms with Crippen molar-refractivity contribution in [3.8, 4) is 0 Å². The molecule has 2 N–H and O–H groups in total. The molecule has 0 spiro atoms. The lowest BCUT2D eigenvalue weighted by molar-refractivity contribution is 0.218. The van der Waals surface area contributed by atoms with Crippen LogP contribution < -0.4 is 10.6 Å². The van der Waals surface area contributed by atoms with E-state index in [0.29, 0.717) is 6.54 Å². The Kier molecular flexibility index (Phi) is 4.01. The Morgan fingerprint density at radius 1 is 1.45 bits per heavy atom. The third kappa shape index (κ3) is 3.29. The molecule has 2 amide bonds. The molecule has 1 unspecified atom stereocenters. The van der Waals surface area contributed by atoms with E-state index in [9.17, 15) is 13.2 Å². The van der Waals surface area contributed by atoms with Crippen LogP contribution in [-0.4, -0.2) is 45.5 Å². The highest BCUT2D eigenvalue weighted by Gasteiger charge is 2.22. The fourth-order valence-electron chi connectivity index (χ4n) is 2.27. The van der Waals surface area contributed by atoms with Gasteiger partial charge in [0.25, 0.3) is 0 Å². The zero-order chi connectivity index (χ0) is 14.9. The second-order valence-corrected chi connectivity index (χ2v) is 7.32. The molecule has 110 valence electrons. The molecule has 0 saturated heterocycles. The van der Waals surface area contributed by atoms with E-state index in [0.717, 1.165) is 16.8 Å². The summed E-state index contributed by atoms with van der Waals surface area (Å²) in [5.41, 5.74) is 2.67. The molecule has 1 aliphatic heterocycles. The normalized spacial score (nSPS) is 16.6. The van der Waals surface area contributed by atoms with E-state index in [1.807, 2.05) is 18.2 Å². The van der Waals surface area contributed by atoms with Gasteiger partial charge < -0.3 is 15.5 Å². The van der Waals surface area contributed by atoms with Gasteiger partial charge in [0.2, 0.25) is 0 Å². The number of hydrogen-bond acceptors (Lipinski definition) is 4. The summed E-state index contributed by atoms with van der Waals surface area (Å²) in [6, 6.07) is 5.22. The van der Waals surface area contributed by atoms with Crippen molar-refractivity contribution in [1.82, 2.24) is 10.2 Å². The Hall–Kier alpha value is -1.60. The second-order valence-electron chi connectivity index (χ2n) is 5.14. The molecular formula is C13H19N3O3S. The third-order valence-electron chi connectivity index (χ3n) is 3.35. The topological polar surface area (TPSA) is 78.5 Å². The molecule has 1 aliphatic rings. The second kappa shape index (κ2) is 5.41. The van der Waals surface area contributed by atoms with E-state index in [-0.39, 0.29) is 17.8 Å². The van der Waals surface area contributed by atoms with E-state index in [2.05, 4.69) is 10.6 Å². The van der Waals surface area contributed by atoms with Crippen molar-refractivity contribution in [2.75, 3.05) is 31.4 Å². The van der Waals surface area contributed by atoms with Gasteiger partial charge in [0.05, 0.1) is 5.75 Å². The summed E-state index contributed by atoms with van der Waals surface area (Å²) in [7, 11) is 0.391. The first kappa shape index (κ1) is 14.8. The molecule has 0 aliphatic carbocycles. The van der Waals surface area contributed by atoms with Crippen molar-refractivity contribution in [3.05, 3.63) is 29.3 Å². The first-order chi connectivity index (χ1) is 9.30. The van der Waals surface area contributed by atoms with Gasteiger partial charge in [0.1, 0.15) is 9.84 Å². The monoisotopic (exact) mass is 297 g/mol. The van der Waals surface area contributed by atoms with Crippen LogP contribution in [0.4, 0.5) is 10.5 Å². The average molecular weight is 297 g/mol. The first-order valence-electron chi connectivity index (χ1n) is 6.30. The Morgan fingerprint density at radius 3 is 2.75 bits per heavy atom. The number of nitrogens with zero attached hydrogens (tertiary/aromatic N) is 1. The molecular weight excluding hydrogens is 278 g/mol. The summed E-state index contributed by atoms with van der Waals surface area (Å²) in [6.07, 6.45) is 1.23. The number of benzene rings is 1. The van der Waals surface area contributed by atoms with Gasteiger partial charge in [0, 0.05) is 31.6 Å². The number of hydrogen-bond donors (Lipinski definition) is 2. The van der Waals surface area contributed by atoms with Crippen molar-refractivity contribution in [3.63, 3.8) is 0 Å². The van der Waals surface area contributed by atoms with Gasteiger partial charge in [-0.2, -0.15) is 0 Å². The summed E-state index contributed by atoms with van der Waals surface area (Å²) in [4.78, 5) is 13.1. The predicted molar refractivity (Wildman–Crippen MR) is 78.4 cm³/mol. The maximum Gasteiger partial charge on any atom is 0.321 e. The number of rotatable bonds is 4. The number of fused-ring (bicyclic) bond motifs is 1. The number of anilines is 1. The standard InChI is InChI=1S/C13H19N3O3S/c1-14-12(8-20(3,18)19)9-4-5-11-10(6-9)7-16(2)13(17)15-11/h4-6,12,14H,7-8H2,1-3H3,(H,15,17). The molecule has 20 heavy (non-hydrogen) atoms. The highest BCUT2D eigenvalue weighted by Crippen LogP contribution is 2.26. The number of sulfone groups is 1. The molecule has 2 rings (SSSR count). The number of nitrogens with one attached hydrogen (secondary N) is 2. The fraction of sp³-hybridized carbons (Fsp3) is 0.462. The quantitative estimate of drug-likeness (QED) is 0.868. The minimum absolute atomic E-state index is 0.0461. The van der Waals surface area contributed by atoms with Crippen LogP contribution in [0.15, 0.2) is 18.2 Å². The molecule has 6 nitrogen and oxygen atoms in total. The van der Waals surface area contributed by atoms with Crippen molar-refractivity contribution >= 4 is 21.6 Å². The first-order valence-corrected chi connectivity index (χ1v) is 8.36. The molecule has 0 bridgehead atoms. The summed E-state index contributed by atoms with van der Waals surface area (Å²) in [5.74, 6) is 0.0461. The highest BCUT2D eigenvalue weighted by molar-refractivity contribution is 7.90. The average Bonchev–Trinajstić information content (AvgIpc) is 2.36. The Labute approximate surface area is 119 Å². The van der Waals surface area contributed by atoms with E-state index in [4.69, 9.17) is 0 Å². The maximum atomic E-state index is 11.5. The molecule has 7 heteroatoms. The van der Waals surface area contributed by atoms with Gasteiger partial charge in [-0.25, -0.2) is 13.2 Å². The number of amides is 2. The Balaban J connectivity index is 2.30. The molecule has 1 heterocycles. The van der Waals surface area contributed by atoms with Gasteiger partial charge in [-0.1, -0.05) is 12.1 Å². The number of carbonyl (C=O) groups is 1. The zero-order valence-corrected chi connectivity index (χ0v) is 12.6. The molecule has 1 atom stereocenters. The largest absolute Gasteiger partial charge is 0.323 e. The van der Waals surface area contributed by atoms with Crippen molar-refractivity contribution in [2.45, 2.75) is 12.6 Å². The van der Waals surface area contributed by atoms with Crippen LogP contribution in [0.3, 0.4) is 0 Å². The third-order valence-corrected chi connectivity index (χ3v) is 4.28. The van der Waals surface area contributed by atoms with Crippen LogP contribution >= 0.6 is 0 Å². The van der Waals surface area contributed by atoms with Crippen LogP contribution in [0.25, 0.3) is 0 Å². The van der Waals surface area contributed by atoms with Crippen molar-refractivity contribution < 1.29 is 13.2 Å². The van der Waals surface area contributed by atoms with Gasteiger partial charge in [-0.3, -0.25) is 0 Å². The van der Waals surface area contributed by atoms with Gasteiger partial charge in [0.15, 0.2) is 0 Å². The Bertz CT molecular complexity index is 628. The number of urea groups is 1. The van der Waals surface area contributed by atoms with Gasteiger partial charge >= 0.3 is 6.03 Å². The van der Waals surface area contributed by atoms with Crippen LogP contribution in [0.2, 0.25) is 0 Å². The minimum Gasteiger partial charge on any atom is -0.323 e. The molecule has 1 aromatic carbocycles. The lowest BCUT2D eigenvalue weighted by Crippen LogP contribution is -2.35. The molecule has 0 saturated carbocycles. The lowest BCUT2D eigenvalue weighted by atomic mass is 10.0. The minimum atomic E-state index is -3.07. The molecule has 0 aromatic heterocycles. The van der Waals surface area contributed by atoms with E-state index >= 15 is 0 Å². The van der Waals surface area contributed by atoms with Gasteiger partial charge in [-0.15, -0.1) is 0 Å². The lowest BCUT2D eigenvalue weighted by Gasteiger charge is -2.27. The predicted octanol–water partition coefficient (Wildman–Crippen LogP) is 0.969. The highest BCUT2D eigenvalue weighted by atomic mass is 32.2. The van der Waals surface area contributed by atoms with E-state index < -0.39 is 9.84 Å². The molecule has 1 aromatic rings. The van der Waals surface area contributed by atoms with Crippen LogP contribution in [-0.2, 0) is 16.4 Å². The van der Waals surface area contributed by atoms with E-state index in [1.165, 1.54) is 6.26 Å². The van der Waals surface area contributed by atoms with Crippen LogP contribution in [0.5, 0.6) is 0 Å². The summed E-state index contributed by atoms with van der Waals surface area (Å²) >= 11 is 0. The zero-order valence-electron chi connectivity index (χ0n) is 11.8. The van der Waals surface area contributed by atoms with Crippen LogP contribution in [0, 0.1) is 0 Å². The van der Waals surface area contributed by atoms with Gasteiger partial charge in [-0.05, 0) is 24.2 Å². The van der Waals surface area contributed by atoms with E-state index in [1.54, 1.807) is 19.0 Å². The summed E-state index contributed by atoms with van der Waals surface area (Å²) in [6.45, 7) is 0.518. The number of carbonyl (C=O) groups excluding carboxylic acids is 1.